The van der Waals surface area contributed by atoms with E-state index < -0.39 is 5.97 Å². The number of aliphatic imine (C=N–C) groups is 1. The van der Waals surface area contributed by atoms with Crippen LogP contribution in [0.25, 0.3) is 6.08 Å². The first-order valence-electron chi connectivity index (χ1n) is 7.68. The maximum atomic E-state index is 12.1. The van der Waals surface area contributed by atoms with E-state index in [0.29, 0.717) is 30.6 Å². The fraction of sp³-hybridized carbons (Fsp3) is 0.222. The zero-order valence-electron chi connectivity index (χ0n) is 13.4. The van der Waals surface area contributed by atoms with Crippen molar-refractivity contribution < 1.29 is 19.0 Å². The number of para-hydroxylation sites is 1. The summed E-state index contributed by atoms with van der Waals surface area (Å²) in [6.07, 6.45) is 1.66. The van der Waals surface area contributed by atoms with E-state index in [4.69, 9.17) is 14.2 Å². The van der Waals surface area contributed by atoms with Gasteiger partial charge >= 0.3 is 5.97 Å². The van der Waals surface area contributed by atoms with Crippen LogP contribution in [0.3, 0.4) is 0 Å². The number of benzene rings is 1. The van der Waals surface area contributed by atoms with E-state index in [-0.39, 0.29) is 5.70 Å². The Morgan fingerprint density at radius 2 is 2.00 bits per heavy atom. The van der Waals surface area contributed by atoms with E-state index in [1.54, 1.807) is 6.08 Å². The highest BCUT2D eigenvalue weighted by molar-refractivity contribution is 7.12. The standard InChI is InChI=1S/C18H17NO4S/c1-3-21-14-8-5-7-12(16(14)22-4-2)11-13-18(20)23-17(19-13)15-9-6-10-24-15/h5-11H,3-4H2,1-2H3. The Balaban J connectivity index is 1.98. The molecular weight excluding hydrogens is 326 g/mol. The number of rotatable bonds is 6. The van der Waals surface area contributed by atoms with Crippen molar-refractivity contribution in [1.82, 2.24) is 0 Å². The van der Waals surface area contributed by atoms with Crippen molar-refractivity contribution >= 4 is 29.3 Å². The Bertz CT molecular complexity index is 793. The molecule has 24 heavy (non-hydrogen) atoms. The first-order valence-corrected chi connectivity index (χ1v) is 8.56. The molecule has 1 aromatic carbocycles. The molecule has 124 valence electrons. The Hall–Kier alpha value is -2.60. The molecule has 0 fully saturated rings. The molecule has 6 heteroatoms. The van der Waals surface area contributed by atoms with Gasteiger partial charge in [-0.25, -0.2) is 9.79 Å². The van der Waals surface area contributed by atoms with Crippen molar-refractivity contribution in [1.29, 1.82) is 0 Å². The zero-order valence-corrected chi connectivity index (χ0v) is 14.3. The van der Waals surface area contributed by atoms with Gasteiger partial charge in [0.1, 0.15) is 0 Å². The fourth-order valence-corrected chi connectivity index (χ4v) is 2.93. The van der Waals surface area contributed by atoms with Crippen molar-refractivity contribution in [3.8, 4) is 11.5 Å². The second kappa shape index (κ2) is 7.31. The second-order valence-corrected chi connectivity index (χ2v) is 5.80. The molecule has 0 unspecified atom stereocenters. The van der Waals surface area contributed by atoms with Gasteiger partial charge in [0.25, 0.3) is 0 Å². The number of hydrogen-bond acceptors (Lipinski definition) is 6. The molecule has 1 aromatic heterocycles. The van der Waals surface area contributed by atoms with Crippen LogP contribution in [-0.4, -0.2) is 25.1 Å². The molecule has 0 aliphatic carbocycles. The topological polar surface area (TPSA) is 57.1 Å². The lowest BCUT2D eigenvalue weighted by molar-refractivity contribution is -0.129. The highest BCUT2D eigenvalue weighted by Crippen LogP contribution is 2.34. The minimum absolute atomic E-state index is 0.244. The third kappa shape index (κ3) is 3.33. The van der Waals surface area contributed by atoms with E-state index >= 15 is 0 Å². The van der Waals surface area contributed by atoms with Crippen LogP contribution in [0.5, 0.6) is 11.5 Å². The van der Waals surface area contributed by atoms with Crippen LogP contribution in [0, 0.1) is 0 Å². The summed E-state index contributed by atoms with van der Waals surface area (Å²) in [6.45, 7) is 4.83. The highest BCUT2D eigenvalue weighted by Gasteiger charge is 2.25. The predicted molar refractivity (Wildman–Crippen MR) is 93.7 cm³/mol. The number of esters is 1. The van der Waals surface area contributed by atoms with Crippen molar-refractivity contribution in [3.63, 3.8) is 0 Å². The third-order valence-corrected chi connectivity index (χ3v) is 4.10. The van der Waals surface area contributed by atoms with Crippen LogP contribution >= 0.6 is 11.3 Å². The third-order valence-electron chi connectivity index (χ3n) is 3.24. The van der Waals surface area contributed by atoms with Gasteiger partial charge < -0.3 is 14.2 Å². The van der Waals surface area contributed by atoms with Crippen LogP contribution in [0.15, 0.2) is 46.4 Å². The summed E-state index contributed by atoms with van der Waals surface area (Å²) in [4.78, 5) is 17.2. The van der Waals surface area contributed by atoms with Gasteiger partial charge in [-0.2, -0.15) is 0 Å². The van der Waals surface area contributed by atoms with Crippen molar-refractivity contribution in [2.75, 3.05) is 13.2 Å². The highest BCUT2D eigenvalue weighted by atomic mass is 32.1. The van der Waals surface area contributed by atoms with Gasteiger partial charge in [-0.3, -0.25) is 0 Å². The maximum absolute atomic E-state index is 12.1. The summed E-state index contributed by atoms with van der Waals surface area (Å²) in [7, 11) is 0. The first-order chi connectivity index (χ1) is 11.7. The van der Waals surface area contributed by atoms with Crippen LogP contribution in [0.4, 0.5) is 0 Å². The number of thiophene rings is 1. The lowest BCUT2D eigenvalue weighted by Gasteiger charge is -2.13. The molecule has 0 amide bonds. The van der Waals surface area contributed by atoms with Crippen molar-refractivity contribution in [2.24, 2.45) is 4.99 Å². The largest absolute Gasteiger partial charge is 0.490 e. The molecule has 0 spiro atoms. The summed E-state index contributed by atoms with van der Waals surface area (Å²) in [6, 6.07) is 9.29. The normalized spacial score (nSPS) is 15.3. The molecule has 0 saturated carbocycles. The van der Waals surface area contributed by atoms with Gasteiger partial charge in [0.2, 0.25) is 5.90 Å². The van der Waals surface area contributed by atoms with Crippen LogP contribution in [0.1, 0.15) is 24.3 Å². The Morgan fingerprint density at radius 3 is 2.71 bits per heavy atom. The molecule has 0 bridgehead atoms. The summed E-state index contributed by atoms with van der Waals surface area (Å²) in [5.41, 5.74) is 0.971. The summed E-state index contributed by atoms with van der Waals surface area (Å²) < 4.78 is 16.5. The molecule has 2 aromatic rings. The van der Waals surface area contributed by atoms with Gasteiger partial charge in [-0.1, -0.05) is 18.2 Å². The van der Waals surface area contributed by atoms with E-state index in [1.807, 2.05) is 49.6 Å². The number of carbonyl (C=O) groups excluding carboxylic acids is 1. The molecule has 2 heterocycles. The number of cyclic esters (lactones) is 1. The van der Waals surface area contributed by atoms with E-state index in [2.05, 4.69) is 4.99 Å². The van der Waals surface area contributed by atoms with Crippen molar-refractivity contribution in [3.05, 3.63) is 51.8 Å². The number of hydrogen-bond donors (Lipinski definition) is 0. The van der Waals surface area contributed by atoms with E-state index in [1.165, 1.54) is 11.3 Å². The first kappa shape index (κ1) is 16.3. The van der Waals surface area contributed by atoms with E-state index in [0.717, 1.165) is 10.4 Å². The minimum atomic E-state index is -0.470. The fourth-order valence-electron chi connectivity index (χ4n) is 2.28. The van der Waals surface area contributed by atoms with Gasteiger partial charge in [0.15, 0.2) is 17.2 Å². The number of ether oxygens (including phenoxy) is 3. The Morgan fingerprint density at radius 1 is 1.17 bits per heavy atom. The predicted octanol–water partition coefficient (Wildman–Crippen LogP) is 3.89. The number of carbonyl (C=O) groups is 1. The smallest absolute Gasteiger partial charge is 0.363 e. The summed E-state index contributed by atoms with van der Waals surface area (Å²) in [5, 5.41) is 1.91. The average molecular weight is 343 g/mol. The molecule has 0 N–H and O–H groups in total. The zero-order chi connectivity index (χ0) is 16.9. The van der Waals surface area contributed by atoms with Gasteiger partial charge in [-0.15, -0.1) is 11.3 Å². The van der Waals surface area contributed by atoms with Gasteiger partial charge in [0, 0.05) is 5.56 Å². The quantitative estimate of drug-likeness (QED) is 0.590. The summed E-state index contributed by atoms with van der Waals surface area (Å²) >= 11 is 1.47. The maximum Gasteiger partial charge on any atom is 0.363 e. The molecule has 3 rings (SSSR count). The monoisotopic (exact) mass is 343 g/mol. The molecule has 1 aliphatic rings. The second-order valence-electron chi connectivity index (χ2n) is 4.85. The van der Waals surface area contributed by atoms with Crippen LogP contribution < -0.4 is 9.47 Å². The minimum Gasteiger partial charge on any atom is -0.490 e. The molecule has 1 aliphatic heterocycles. The molecule has 0 atom stereocenters. The molecule has 0 saturated heterocycles. The molecule has 5 nitrogen and oxygen atoms in total. The number of nitrogens with zero attached hydrogens (tertiary/aromatic N) is 1. The van der Waals surface area contributed by atoms with Crippen molar-refractivity contribution in [2.45, 2.75) is 13.8 Å². The molecular formula is C18H17NO4S. The average Bonchev–Trinajstić information content (AvgIpc) is 3.21. The lowest BCUT2D eigenvalue weighted by Crippen LogP contribution is -2.04. The van der Waals surface area contributed by atoms with Gasteiger partial charge in [-0.05, 0) is 37.4 Å². The van der Waals surface area contributed by atoms with E-state index in [9.17, 15) is 4.79 Å². The van der Waals surface area contributed by atoms with Crippen LogP contribution in [0.2, 0.25) is 0 Å². The Kier molecular flexibility index (Phi) is 4.96. The molecule has 0 radical (unpaired) electrons. The summed E-state index contributed by atoms with van der Waals surface area (Å²) in [5.74, 6) is 1.10. The van der Waals surface area contributed by atoms with Crippen LogP contribution in [-0.2, 0) is 9.53 Å². The van der Waals surface area contributed by atoms with Gasteiger partial charge in [0.05, 0.1) is 18.1 Å². The lowest BCUT2D eigenvalue weighted by atomic mass is 10.1. The Labute approximate surface area is 144 Å². The SMILES string of the molecule is CCOc1cccc(C=C2N=C(c3cccs3)OC2=O)c1OCC.